The number of imidazole rings is 1. The van der Waals surface area contributed by atoms with E-state index in [-0.39, 0.29) is 11.4 Å². The van der Waals surface area contributed by atoms with Gasteiger partial charge in [0.2, 0.25) is 5.91 Å². The Balaban J connectivity index is 1.22. The fraction of sp³-hybridized carbons (Fsp3) is 0.333. The van der Waals surface area contributed by atoms with Gasteiger partial charge in [0, 0.05) is 58.8 Å². The molecule has 1 saturated heterocycles. The first-order chi connectivity index (χ1) is 15.9. The van der Waals surface area contributed by atoms with Gasteiger partial charge in [0.25, 0.3) is 5.56 Å². The zero-order valence-electron chi connectivity index (χ0n) is 18.7. The number of H-pyrrole nitrogens is 1. The number of anilines is 1. The molecule has 170 valence electrons. The number of piperazine rings is 1. The summed E-state index contributed by atoms with van der Waals surface area (Å²) < 4.78 is 2.38. The first kappa shape index (κ1) is 21.0. The summed E-state index contributed by atoms with van der Waals surface area (Å²) in [5.41, 5.74) is 0.935. The largest absolute Gasteiger partial charge is 0.368 e. The van der Waals surface area contributed by atoms with Gasteiger partial charge in [-0.25, -0.2) is 9.78 Å². The van der Waals surface area contributed by atoms with E-state index in [1.54, 1.807) is 7.05 Å². The van der Waals surface area contributed by atoms with Crippen LogP contribution in [0.25, 0.3) is 21.9 Å². The Morgan fingerprint density at radius 1 is 0.970 bits per heavy atom. The lowest BCUT2D eigenvalue weighted by atomic mass is 10.1. The molecule has 9 nitrogen and oxygen atoms in total. The highest BCUT2D eigenvalue weighted by atomic mass is 16.2. The average Bonchev–Trinajstić information content (AvgIpc) is 3.29. The highest BCUT2D eigenvalue weighted by molar-refractivity contribution is 5.86. The maximum Gasteiger partial charge on any atom is 0.332 e. The zero-order chi connectivity index (χ0) is 23.1. The van der Waals surface area contributed by atoms with Gasteiger partial charge in [-0.1, -0.05) is 30.3 Å². The molecule has 1 fully saturated rings. The van der Waals surface area contributed by atoms with E-state index in [4.69, 9.17) is 0 Å². The van der Waals surface area contributed by atoms with E-state index < -0.39 is 11.2 Å². The molecule has 1 aliphatic heterocycles. The summed E-state index contributed by atoms with van der Waals surface area (Å²) in [4.78, 5) is 48.8. The molecule has 0 radical (unpaired) electrons. The Hall–Kier alpha value is -3.88. The molecule has 0 spiro atoms. The number of rotatable bonds is 4. The molecule has 0 saturated carbocycles. The minimum atomic E-state index is -0.425. The molecule has 0 atom stereocenters. The number of aromatic nitrogens is 4. The van der Waals surface area contributed by atoms with Crippen LogP contribution in [-0.2, 0) is 25.3 Å². The highest BCUT2D eigenvalue weighted by Gasteiger charge is 2.22. The number of aryl methyl sites for hydroxylation is 2. The average molecular weight is 447 g/mol. The zero-order valence-corrected chi connectivity index (χ0v) is 18.7. The van der Waals surface area contributed by atoms with Crippen molar-refractivity contribution in [1.29, 1.82) is 0 Å². The number of carbonyl (C=O) groups excluding carboxylic acids is 1. The van der Waals surface area contributed by atoms with Crippen molar-refractivity contribution in [3.63, 3.8) is 0 Å². The molecule has 0 aliphatic carbocycles. The third-order valence-corrected chi connectivity index (χ3v) is 6.45. The SMILES string of the molecule is Cn1c(=O)c2[nH]c(CCC(=O)N3CCN(c4ccc5ccccc5c4)CC3)nc2n(C)c1=O. The van der Waals surface area contributed by atoms with Crippen molar-refractivity contribution in [2.24, 2.45) is 14.1 Å². The van der Waals surface area contributed by atoms with Crippen LogP contribution in [-0.4, -0.2) is 56.1 Å². The maximum absolute atomic E-state index is 12.8. The van der Waals surface area contributed by atoms with Crippen molar-refractivity contribution in [3.05, 3.63) is 69.1 Å². The summed E-state index contributed by atoms with van der Waals surface area (Å²) in [6.07, 6.45) is 0.680. The van der Waals surface area contributed by atoms with E-state index in [2.05, 4.69) is 45.2 Å². The Morgan fingerprint density at radius 2 is 1.70 bits per heavy atom. The van der Waals surface area contributed by atoms with Gasteiger partial charge in [0.15, 0.2) is 5.65 Å². The van der Waals surface area contributed by atoms with Crippen LogP contribution in [0.5, 0.6) is 0 Å². The number of hydrogen-bond donors (Lipinski definition) is 1. The summed E-state index contributed by atoms with van der Waals surface area (Å²) in [5.74, 6) is 0.599. The van der Waals surface area contributed by atoms with Gasteiger partial charge in [0.1, 0.15) is 11.3 Å². The Labute approximate surface area is 189 Å². The molecule has 0 unspecified atom stereocenters. The number of nitrogens with zero attached hydrogens (tertiary/aromatic N) is 5. The van der Waals surface area contributed by atoms with Crippen LogP contribution in [0.3, 0.4) is 0 Å². The van der Waals surface area contributed by atoms with Crippen LogP contribution in [0.4, 0.5) is 5.69 Å². The first-order valence-corrected chi connectivity index (χ1v) is 11.1. The van der Waals surface area contributed by atoms with Gasteiger partial charge >= 0.3 is 5.69 Å². The number of fused-ring (bicyclic) bond motifs is 2. The van der Waals surface area contributed by atoms with Crippen LogP contribution < -0.4 is 16.1 Å². The van der Waals surface area contributed by atoms with Crippen molar-refractivity contribution < 1.29 is 4.79 Å². The molecule has 9 heteroatoms. The molecule has 2 aromatic carbocycles. The number of benzene rings is 2. The molecule has 4 aromatic rings. The molecule has 0 bridgehead atoms. The summed E-state index contributed by atoms with van der Waals surface area (Å²) in [5, 5.41) is 2.44. The van der Waals surface area contributed by atoms with Crippen molar-refractivity contribution in [3.8, 4) is 0 Å². The third-order valence-electron chi connectivity index (χ3n) is 6.45. The van der Waals surface area contributed by atoms with Crippen molar-refractivity contribution in [2.45, 2.75) is 12.8 Å². The van der Waals surface area contributed by atoms with Gasteiger partial charge in [-0.2, -0.15) is 0 Å². The van der Waals surface area contributed by atoms with Gasteiger partial charge in [-0.3, -0.25) is 18.7 Å². The van der Waals surface area contributed by atoms with Crippen molar-refractivity contribution in [1.82, 2.24) is 24.0 Å². The van der Waals surface area contributed by atoms with E-state index in [0.717, 1.165) is 17.7 Å². The normalized spacial score (nSPS) is 14.4. The lowest BCUT2D eigenvalue weighted by Gasteiger charge is -2.36. The number of hydrogen-bond acceptors (Lipinski definition) is 5. The Bertz CT molecular complexity index is 1470. The second-order valence-corrected chi connectivity index (χ2v) is 8.49. The minimum Gasteiger partial charge on any atom is -0.368 e. The molecular formula is C24H26N6O3. The molecule has 33 heavy (non-hydrogen) atoms. The van der Waals surface area contributed by atoms with Crippen molar-refractivity contribution >= 4 is 33.5 Å². The molecule has 3 heterocycles. The van der Waals surface area contributed by atoms with Crippen LogP contribution in [0.15, 0.2) is 52.1 Å². The first-order valence-electron chi connectivity index (χ1n) is 11.1. The standard InChI is InChI=1S/C24H26N6O3/c1-27-22-21(23(32)28(2)24(27)33)25-19(26-22)9-10-20(31)30-13-11-29(12-14-30)18-8-7-16-5-3-4-6-17(16)15-18/h3-8,15H,9-14H2,1-2H3,(H,25,26). The fourth-order valence-electron chi connectivity index (χ4n) is 4.46. The minimum absolute atomic E-state index is 0.0652. The summed E-state index contributed by atoms with van der Waals surface area (Å²) in [6, 6.07) is 14.8. The van der Waals surface area contributed by atoms with Crippen LogP contribution in [0.1, 0.15) is 12.2 Å². The van der Waals surface area contributed by atoms with Gasteiger partial charge in [-0.15, -0.1) is 0 Å². The lowest BCUT2D eigenvalue weighted by Crippen LogP contribution is -2.48. The van der Waals surface area contributed by atoms with E-state index in [1.165, 1.54) is 28.1 Å². The molecule has 1 N–H and O–H groups in total. The van der Waals surface area contributed by atoms with Crippen LogP contribution >= 0.6 is 0 Å². The second kappa shape index (κ2) is 8.23. The Morgan fingerprint density at radius 3 is 2.45 bits per heavy atom. The topological polar surface area (TPSA) is 96.2 Å². The van der Waals surface area contributed by atoms with Crippen LogP contribution in [0, 0.1) is 0 Å². The number of aromatic amines is 1. The van der Waals surface area contributed by atoms with Crippen LogP contribution in [0.2, 0.25) is 0 Å². The van der Waals surface area contributed by atoms with E-state index in [9.17, 15) is 14.4 Å². The molecule has 5 rings (SSSR count). The lowest BCUT2D eigenvalue weighted by molar-refractivity contribution is -0.131. The third kappa shape index (κ3) is 3.79. The van der Waals surface area contributed by atoms with E-state index in [0.29, 0.717) is 37.4 Å². The van der Waals surface area contributed by atoms with Gasteiger partial charge < -0.3 is 14.8 Å². The van der Waals surface area contributed by atoms with E-state index >= 15 is 0 Å². The number of carbonyl (C=O) groups is 1. The van der Waals surface area contributed by atoms with Gasteiger partial charge in [-0.05, 0) is 22.9 Å². The molecule has 2 aromatic heterocycles. The monoisotopic (exact) mass is 446 g/mol. The predicted octanol–water partition coefficient (Wildman–Crippen LogP) is 1.39. The second-order valence-electron chi connectivity index (χ2n) is 8.49. The highest BCUT2D eigenvalue weighted by Crippen LogP contribution is 2.23. The predicted molar refractivity (Wildman–Crippen MR) is 128 cm³/mol. The summed E-state index contributed by atoms with van der Waals surface area (Å²) >= 11 is 0. The van der Waals surface area contributed by atoms with Gasteiger partial charge in [0.05, 0.1) is 0 Å². The smallest absolute Gasteiger partial charge is 0.332 e. The Kier molecular flexibility index (Phi) is 5.24. The number of nitrogens with one attached hydrogen (secondary N) is 1. The number of amides is 1. The summed E-state index contributed by atoms with van der Waals surface area (Å²) in [6.45, 7) is 2.90. The quantitative estimate of drug-likeness (QED) is 0.511. The molecule has 1 amide bonds. The van der Waals surface area contributed by atoms with Crippen molar-refractivity contribution in [2.75, 3.05) is 31.1 Å². The van der Waals surface area contributed by atoms with E-state index in [1.807, 2.05) is 17.0 Å². The maximum atomic E-state index is 12.8. The molecular weight excluding hydrogens is 420 g/mol. The fourth-order valence-corrected chi connectivity index (χ4v) is 4.46. The summed E-state index contributed by atoms with van der Waals surface area (Å²) in [7, 11) is 3.01. The molecule has 1 aliphatic rings.